The van der Waals surface area contributed by atoms with E-state index in [1.165, 1.54) is 9.36 Å². The fourth-order valence-corrected chi connectivity index (χ4v) is 4.61. The van der Waals surface area contributed by atoms with Crippen LogP contribution in [0.5, 0.6) is 0 Å². The first-order valence-electron chi connectivity index (χ1n) is 9.07. The fraction of sp³-hybridized carbons (Fsp3) is 0.190. The van der Waals surface area contributed by atoms with Crippen molar-refractivity contribution in [1.82, 2.24) is 9.36 Å². The van der Waals surface area contributed by atoms with Gasteiger partial charge in [0.15, 0.2) is 5.78 Å². The molecule has 1 aliphatic heterocycles. The van der Waals surface area contributed by atoms with Crippen LogP contribution in [-0.4, -0.2) is 15.1 Å². The van der Waals surface area contributed by atoms with Crippen LogP contribution in [0.1, 0.15) is 30.9 Å². The molecule has 0 saturated carbocycles. The Morgan fingerprint density at radius 2 is 1.71 bits per heavy atom. The van der Waals surface area contributed by atoms with E-state index in [2.05, 4.69) is 15.9 Å². The molecule has 3 aromatic rings. The van der Waals surface area contributed by atoms with Gasteiger partial charge in [0, 0.05) is 22.2 Å². The van der Waals surface area contributed by atoms with E-state index in [0.29, 0.717) is 30.5 Å². The minimum atomic E-state index is -0.609. The third-order valence-corrected chi connectivity index (χ3v) is 6.07. The van der Waals surface area contributed by atoms with Crippen molar-refractivity contribution in [3.63, 3.8) is 0 Å². The number of hydrogen-bond donors (Lipinski definition) is 1. The largest absolute Gasteiger partial charge is 0.398 e. The Hall–Kier alpha value is -2.93. The number of hydrogen-bond acceptors (Lipinski definition) is 4. The first-order valence-corrected chi connectivity index (χ1v) is 9.86. The average molecular weight is 438 g/mol. The lowest BCUT2D eigenvalue weighted by Crippen LogP contribution is -2.37. The summed E-state index contributed by atoms with van der Waals surface area (Å²) in [4.78, 5) is 39.6. The van der Waals surface area contributed by atoms with Crippen LogP contribution < -0.4 is 16.9 Å². The molecule has 2 aromatic carbocycles. The molecule has 6 nitrogen and oxygen atoms in total. The number of rotatable bonds is 1. The van der Waals surface area contributed by atoms with E-state index >= 15 is 0 Å². The number of anilines is 1. The Kier molecular flexibility index (Phi) is 3.71. The second-order valence-corrected chi connectivity index (χ2v) is 8.04. The Morgan fingerprint density at radius 3 is 2.46 bits per heavy atom. The molecule has 2 aliphatic rings. The molecule has 0 radical (unpaired) electrons. The predicted molar refractivity (Wildman–Crippen MR) is 111 cm³/mol. The maximum absolute atomic E-state index is 13.4. The van der Waals surface area contributed by atoms with Crippen molar-refractivity contribution in [1.29, 1.82) is 0 Å². The van der Waals surface area contributed by atoms with Gasteiger partial charge in [0.25, 0.3) is 11.1 Å². The highest BCUT2D eigenvalue weighted by Crippen LogP contribution is 2.41. The molecule has 140 valence electrons. The summed E-state index contributed by atoms with van der Waals surface area (Å²) in [6.45, 7) is 0. The minimum Gasteiger partial charge on any atom is -0.398 e. The van der Waals surface area contributed by atoms with Gasteiger partial charge in [-0.05, 0) is 42.7 Å². The summed E-state index contributed by atoms with van der Waals surface area (Å²) in [5, 5.41) is 0.487. The van der Waals surface area contributed by atoms with Crippen molar-refractivity contribution >= 4 is 43.9 Å². The zero-order valence-corrected chi connectivity index (χ0v) is 16.4. The van der Waals surface area contributed by atoms with Crippen molar-refractivity contribution in [2.45, 2.75) is 25.3 Å². The minimum absolute atomic E-state index is 0.0128. The van der Waals surface area contributed by atoms with Gasteiger partial charge in [0.2, 0.25) is 0 Å². The third-order valence-electron chi connectivity index (χ3n) is 5.55. The summed E-state index contributed by atoms with van der Waals surface area (Å²) in [5.74, 6) is -0.0128. The molecule has 0 spiro atoms. The van der Waals surface area contributed by atoms with E-state index in [4.69, 9.17) is 5.73 Å². The van der Waals surface area contributed by atoms with Crippen molar-refractivity contribution < 1.29 is 4.79 Å². The average Bonchev–Trinajstić information content (AvgIpc) is 3.04. The summed E-state index contributed by atoms with van der Waals surface area (Å²) in [5.41, 5.74) is 7.58. The summed E-state index contributed by atoms with van der Waals surface area (Å²) < 4.78 is 3.72. The van der Waals surface area contributed by atoms with Gasteiger partial charge in [-0.1, -0.05) is 34.1 Å². The van der Waals surface area contributed by atoms with Gasteiger partial charge >= 0.3 is 0 Å². The molecule has 0 bridgehead atoms. The SMILES string of the molecule is Nc1cccc2c(=O)n3n(c(=O)c12)C1=C(C(=O)CCC1)C3c1ccc(Br)cc1. The van der Waals surface area contributed by atoms with Crippen molar-refractivity contribution in [2.24, 2.45) is 0 Å². The number of carbonyl (C=O) groups excluding carboxylic acids is 1. The number of Topliss-reactive ketones (excluding diaryl/α,β-unsaturated/α-hetero) is 1. The second-order valence-electron chi connectivity index (χ2n) is 7.13. The lowest BCUT2D eigenvalue weighted by molar-refractivity contribution is -0.116. The second kappa shape index (κ2) is 6.04. The maximum atomic E-state index is 13.4. The first-order chi connectivity index (χ1) is 13.5. The van der Waals surface area contributed by atoms with Crippen LogP contribution in [0.25, 0.3) is 16.5 Å². The number of halogens is 1. The summed E-state index contributed by atoms with van der Waals surface area (Å²) >= 11 is 3.42. The number of benzene rings is 2. The quantitative estimate of drug-likeness (QED) is 0.592. The molecule has 1 atom stereocenters. The number of fused-ring (bicyclic) bond motifs is 3. The van der Waals surface area contributed by atoms with Crippen LogP contribution in [0.15, 0.2) is 62.1 Å². The van der Waals surface area contributed by atoms with E-state index in [1.54, 1.807) is 18.2 Å². The fourth-order valence-electron chi connectivity index (χ4n) is 4.34. The number of ketones is 1. The number of nitrogen functional groups attached to an aromatic ring is 1. The van der Waals surface area contributed by atoms with E-state index in [0.717, 1.165) is 10.0 Å². The maximum Gasteiger partial charge on any atom is 0.279 e. The molecule has 0 amide bonds. The van der Waals surface area contributed by atoms with Gasteiger partial charge in [0.05, 0.1) is 16.5 Å². The smallest absolute Gasteiger partial charge is 0.279 e. The van der Waals surface area contributed by atoms with Crippen LogP contribution in [0.4, 0.5) is 5.69 Å². The third kappa shape index (κ3) is 2.22. The Labute approximate surface area is 168 Å². The Balaban J connectivity index is 1.94. The highest BCUT2D eigenvalue weighted by molar-refractivity contribution is 9.10. The number of aromatic nitrogens is 2. The summed E-state index contributed by atoms with van der Waals surface area (Å²) in [6, 6.07) is 11.8. The molecule has 7 heteroatoms. The van der Waals surface area contributed by atoms with Gasteiger partial charge in [-0.25, -0.2) is 9.36 Å². The molecule has 5 rings (SSSR count). The van der Waals surface area contributed by atoms with E-state index < -0.39 is 6.04 Å². The number of carbonyl (C=O) groups is 1. The molecule has 1 aliphatic carbocycles. The number of nitrogens with zero attached hydrogens (tertiary/aromatic N) is 2. The van der Waals surface area contributed by atoms with Crippen molar-refractivity contribution in [3.05, 3.63) is 78.8 Å². The first kappa shape index (κ1) is 17.2. The molecule has 28 heavy (non-hydrogen) atoms. The van der Waals surface area contributed by atoms with Crippen molar-refractivity contribution in [2.75, 3.05) is 5.73 Å². The van der Waals surface area contributed by atoms with Crippen LogP contribution >= 0.6 is 15.9 Å². The number of nitrogens with two attached hydrogens (primary N) is 1. The molecule has 1 unspecified atom stereocenters. The van der Waals surface area contributed by atoms with Gasteiger partial charge in [-0.3, -0.25) is 14.4 Å². The molecule has 2 heterocycles. The Bertz CT molecular complexity index is 1320. The number of allylic oxidation sites excluding steroid dienone is 2. The molecule has 0 fully saturated rings. The van der Waals surface area contributed by atoms with Crippen LogP contribution in [-0.2, 0) is 4.79 Å². The lowest BCUT2D eigenvalue weighted by atomic mass is 9.88. The van der Waals surface area contributed by atoms with Crippen LogP contribution in [0.3, 0.4) is 0 Å². The van der Waals surface area contributed by atoms with E-state index in [9.17, 15) is 14.4 Å². The van der Waals surface area contributed by atoms with E-state index in [1.807, 2.05) is 24.3 Å². The molecule has 0 saturated heterocycles. The van der Waals surface area contributed by atoms with Gasteiger partial charge in [-0.15, -0.1) is 0 Å². The lowest BCUT2D eigenvalue weighted by Gasteiger charge is -2.19. The van der Waals surface area contributed by atoms with Crippen molar-refractivity contribution in [3.8, 4) is 0 Å². The zero-order valence-electron chi connectivity index (χ0n) is 14.8. The molecule has 1 aromatic heterocycles. The van der Waals surface area contributed by atoms with Gasteiger partial charge in [0.1, 0.15) is 6.04 Å². The van der Waals surface area contributed by atoms with Gasteiger partial charge < -0.3 is 5.73 Å². The standard InChI is InChI=1S/C21H16BrN3O3/c22-12-9-7-11(8-10-12)19-18-15(5-2-6-16(18)26)24-21(28)17-13(20(27)25(19)24)3-1-4-14(17)23/h1,3-4,7-10,19H,2,5-6,23H2. The highest BCUT2D eigenvalue weighted by atomic mass is 79.9. The topological polar surface area (TPSA) is 87.1 Å². The molecular weight excluding hydrogens is 422 g/mol. The molecular formula is C21H16BrN3O3. The monoisotopic (exact) mass is 437 g/mol. The van der Waals surface area contributed by atoms with E-state index in [-0.39, 0.29) is 33.4 Å². The van der Waals surface area contributed by atoms with Crippen LogP contribution in [0.2, 0.25) is 0 Å². The predicted octanol–water partition coefficient (Wildman–Crippen LogP) is 3.08. The summed E-state index contributed by atoms with van der Waals surface area (Å²) in [6.07, 6.45) is 1.66. The van der Waals surface area contributed by atoms with Gasteiger partial charge in [-0.2, -0.15) is 0 Å². The normalized spacial score (nSPS) is 18.5. The highest BCUT2D eigenvalue weighted by Gasteiger charge is 2.40. The Morgan fingerprint density at radius 1 is 0.964 bits per heavy atom. The van der Waals surface area contributed by atoms with Crippen LogP contribution in [0, 0.1) is 0 Å². The zero-order chi connectivity index (χ0) is 19.6. The molecule has 2 N–H and O–H groups in total. The summed E-state index contributed by atoms with van der Waals surface area (Å²) in [7, 11) is 0.